The van der Waals surface area contributed by atoms with E-state index in [1.165, 1.54) is 35.8 Å². The zero-order valence-electron chi connectivity index (χ0n) is 85.6. The molecule has 0 aliphatic carbocycles. The first-order valence-electron chi connectivity index (χ1n) is 43.4. The molecule has 694 valence electrons. The number of rotatable bonds is 14. The Balaban J connectivity index is 0.000000729. The van der Waals surface area contributed by atoms with Crippen LogP contribution < -0.4 is 16.8 Å². The van der Waals surface area contributed by atoms with Crippen LogP contribution in [0.1, 0.15) is 404 Å². The molecule has 7 aromatic rings. The van der Waals surface area contributed by atoms with Gasteiger partial charge in [0.05, 0.1) is 18.2 Å². The first kappa shape index (κ1) is 114. The summed E-state index contributed by atoms with van der Waals surface area (Å²) >= 11 is 0. The molecule has 7 aromatic heterocycles. The van der Waals surface area contributed by atoms with E-state index in [-0.39, 0.29) is 118 Å². The zero-order chi connectivity index (χ0) is 98.1. The second kappa shape index (κ2) is 43.4. The number of Topliss-reactive ketones (excluding diaryl/α,β-unsaturated/α-hetero) is 7. The van der Waals surface area contributed by atoms with Crippen molar-refractivity contribution in [2.75, 3.05) is 0 Å². The Morgan fingerprint density at radius 3 is 1.14 bits per heavy atom. The topological polar surface area (TPSA) is 327 Å². The monoisotopic (exact) mass is 1730 g/mol. The largest absolute Gasteiger partial charge is 0.348 e. The minimum absolute atomic E-state index is 0.00105. The lowest BCUT2D eigenvalue weighted by molar-refractivity contribution is 0.0841. The maximum atomic E-state index is 12.3. The van der Waals surface area contributed by atoms with E-state index in [2.05, 4.69) is 138 Å². The van der Waals surface area contributed by atoms with E-state index < -0.39 is 32.5 Å². The van der Waals surface area contributed by atoms with Crippen molar-refractivity contribution in [2.45, 2.75) is 357 Å². The van der Waals surface area contributed by atoms with E-state index in [1.54, 1.807) is 67.0 Å². The molecular formula is C101H160N14O10. The van der Waals surface area contributed by atoms with E-state index in [4.69, 9.17) is 0 Å². The third-order valence-corrected chi connectivity index (χ3v) is 17.8. The van der Waals surface area contributed by atoms with Gasteiger partial charge in [0.2, 0.25) is 11.6 Å². The Morgan fingerprint density at radius 1 is 0.336 bits per heavy atom. The lowest BCUT2D eigenvalue weighted by Gasteiger charge is -2.21. The van der Waals surface area contributed by atoms with Crippen LogP contribution in [0.4, 0.5) is 0 Å². The normalized spacial score (nSPS) is 12.6. The van der Waals surface area contributed by atoms with Gasteiger partial charge in [-0.15, -0.1) is 0 Å². The fourth-order valence-corrected chi connectivity index (χ4v) is 11.3. The summed E-state index contributed by atoms with van der Waals surface area (Å²) < 4.78 is 4.60. The van der Waals surface area contributed by atoms with Gasteiger partial charge in [0.1, 0.15) is 34.8 Å². The van der Waals surface area contributed by atoms with Gasteiger partial charge in [-0.2, -0.15) is 4.98 Å². The van der Waals surface area contributed by atoms with Crippen molar-refractivity contribution >= 4 is 40.5 Å². The van der Waals surface area contributed by atoms with Crippen LogP contribution in [0.25, 0.3) is 0 Å². The molecule has 0 saturated heterocycles. The highest BCUT2D eigenvalue weighted by Crippen LogP contribution is 2.31. The third-order valence-electron chi connectivity index (χ3n) is 17.8. The summed E-state index contributed by atoms with van der Waals surface area (Å²) in [4.78, 5) is 167. The lowest BCUT2D eigenvalue weighted by atomic mass is 9.85. The fraction of sp³-hybridized carbons (Fsp3) is 0.653. The molecule has 7 rings (SSSR count). The predicted molar refractivity (Wildman–Crippen MR) is 505 cm³/mol. The summed E-state index contributed by atoms with van der Waals surface area (Å²) in [6, 6.07) is 2.96. The van der Waals surface area contributed by atoms with Crippen LogP contribution in [0.5, 0.6) is 0 Å². The molecule has 0 N–H and O–H groups in total. The Bertz CT molecular complexity index is 4910. The molecule has 0 radical (unpaired) electrons. The van der Waals surface area contributed by atoms with Crippen molar-refractivity contribution in [3.05, 3.63) is 179 Å². The van der Waals surface area contributed by atoms with Gasteiger partial charge in [-0.05, 0) is 101 Å². The SMILES string of the molecule is CC(C)(C)Cc1ncc(C(=O)C(C)(C)C)cn1.CC(C)(C)Cn1ccc(C(=O)C(C)(C)C)nc1=O.CC(C)(C)Cn1cnc(C(=O)C(C)(C)C)cc1=O.CC(C)(C)Cn1cncc(C(=O)C(C)(C)C)c1=O.Cc1c(CC(C)(C)C)ncnc1C(=O)C(C)(C)C.Cc1cnc(C(=O)C(C)(C)C)nc1CC(C)(C)C.Cc1nc(C(=O)C(C)(C)C)ncc1CC(C)(C)C. The Kier molecular flexibility index (Phi) is 39.5. The molecule has 0 amide bonds. The molecular weight excluding hydrogens is 1570 g/mol. The molecule has 0 aliphatic rings. The average molecular weight is 1730 g/mol. The van der Waals surface area contributed by atoms with E-state index >= 15 is 0 Å². The smallest absolute Gasteiger partial charge is 0.299 e. The summed E-state index contributed by atoms with van der Waals surface area (Å²) in [5.74, 6) is 1.24. The first-order valence-corrected chi connectivity index (χ1v) is 43.4. The van der Waals surface area contributed by atoms with Crippen LogP contribution in [-0.2, 0) is 45.3 Å². The second-order valence-electron chi connectivity index (χ2n) is 48.7. The number of hydrogen-bond donors (Lipinski definition) is 0. The van der Waals surface area contributed by atoms with Crippen molar-refractivity contribution in [1.82, 2.24) is 68.5 Å². The average Bonchev–Trinajstić information content (AvgIpc) is 0.814. The van der Waals surface area contributed by atoms with E-state index in [9.17, 15) is 47.9 Å². The number of carbonyl (C=O) groups is 7. The molecule has 0 spiro atoms. The van der Waals surface area contributed by atoms with E-state index in [1.807, 2.05) is 208 Å². The van der Waals surface area contributed by atoms with E-state index in [0.29, 0.717) is 42.5 Å². The molecule has 0 atom stereocenters. The van der Waals surface area contributed by atoms with Crippen LogP contribution in [0.3, 0.4) is 0 Å². The first-order chi connectivity index (χ1) is 55.7. The highest BCUT2D eigenvalue weighted by atomic mass is 16.2. The van der Waals surface area contributed by atoms with Crippen molar-refractivity contribution in [1.29, 1.82) is 0 Å². The number of aromatic nitrogens is 14. The van der Waals surface area contributed by atoms with Gasteiger partial charge < -0.3 is 0 Å². The van der Waals surface area contributed by atoms with Crippen LogP contribution in [-0.4, -0.2) is 109 Å². The van der Waals surface area contributed by atoms with Gasteiger partial charge in [-0.1, -0.05) is 291 Å². The van der Waals surface area contributed by atoms with Crippen LogP contribution in [0, 0.1) is 96.6 Å². The van der Waals surface area contributed by atoms with Crippen molar-refractivity contribution in [3.8, 4) is 0 Å². The van der Waals surface area contributed by atoms with Crippen molar-refractivity contribution in [2.24, 2.45) is 75.8 Å². The number of nitrogens with zero attached hydrogens (tertiary/aromatic N) is 14. The number of hydrogen-bond acceptors (Lipinski definition) is 21. The molecule has 0 aliphatic heterocycles. The van der Waals surface area contributed by atoms with Crippen LogP contribution in [0.15, 0.2) is 82.7 Å². The molecule has 0 unspecified atom stereocenters. The van der Waals surface area contributed by atoms with Gasteiger partial charge in [0.25, 0.3) is 11.1 Å². The van der Waals surface area contributed by atoms with Crippen LogP contribution >= 0.6 is 0 Å². The maximum absolute atomic E-state index is 12.3. The molecule has 24 nitrogen and oxygen atoms in total. The molecule has 125 heavy (non-hydrogen) atoms. The summed E-state index contributed by atoms with van der Waals surface area (Å²) in [7, 11) is 0. The maximum Gasteiger partial charge on any atom is 0.348 e. The zero-order valence-corrected chi connectivity index (χ0v) is 85.6. The number of aryl methyl sites for hydroxylation is 2. The van der Waals surface area contributed by atoms with Crippen molar-refractivity contribution in [3.63, 3.8) is 0 Å². The number of ketones is 7. The Morgan fingerprint density at radius 2 is 0.736 bits per heavy atom. The Hall–Kier alpha value is -9.35. The Labute approximate surface area is 750 Å². The summed E-state index contributed by atoms with van der Waals surface area (Å²) in [6.07, 6.45) is 17.8. The molecule has 0 bridgehead atoms. The van der Waals surface area contributed by atoms with Gasteiger partial charge in [-0.3, -0.25) is 56.9 Å². The molecule has 24 heteroatoms. The van der Waals surface area contributed by atoms with Crippen molar-refractivity contribution < 1.29 is 33.6 Å². The minimum atomic E-state index is -0.568. The van der Waals surface area contributed by atoms with E-state index in [0.717, 1.165) is 65.3 Å². The quantitative estimate of drug-likeness (QED) is 0.0913. The lowest BCUT2D eigenvalue weighted by Crippen LogP contribution is -2.34. The summed E-state index contributed by atoms with van der Waals surface area (Å²) in [5.41, 5.74) is 4.38. The summed E-state index contributed by atoms with van der Waals surface area (Å²) in [6.45, 7) is 91.1. The highest BCUT2D eigenvalue weighted by molar-refractivity contribution is 6.01. The molecule has 0 fully saturated rings. The van der Waals surface area contributed by atoms with Gasteiger partial charge in [0, 0.05) is 124 Å². The molecule has 7 heterocycles. The van der Waals surface area contributed by atoms with Gasteiger partial charge in [0.15, 0.2) is 40.6 Å². The second-order valence-corrected chi connectivity index (χ2v) is 48.7. The molecule has 0 aromatic carbocycles. The fourth-order valence-electron chi connectivity index (χ4n) is 11.3. The van der Waals surface area contributed by atoms with Gasteiger partial charge >= 0.3 is 5.69 Å². The highest BCUT2D eigenvalue weighted by Gasteiger charge is 2.33. The third kappa shape index (κ3) is 42.2. The van der Waals surface area contributed by atoms with Crippen LogP contribution in [0.2, 0.25) is 0 Å². The minimum Gasteiger partial charge on any atom is -0.299 e. The predicted octanol–water partition coefficient (Wildman–Crippen LogP) is 21.7. The van der Waals surface area contributed by atoms with Gasteiger partial charge in [-0.25, -0.2) is 54.6 Å². The summed E-state index contributed by atoms with van der Waals surface area (Å²) in [5, 5.41) is 0. The molecule has 0 saturated carbocycles. The standard InChI is InChI=1S/3C15H24N2O.3C14H22N2O2.C14H22N2O/c1-10-11(8-14(2,3)4)16-9-17-12(10)13(18)15(5,6)7;1-10-11(8-14(2,3)4)9-16-13(17-10)12(18)15(5,6)7;1-10-9-16-13(12(18)15(5,6)7)17-11(10)8-14(2,3)4;1-13(2,3)8-16-9-15-7-10(12(16)18)11(17)14(4,5)6;1-13(2,3)8-16-9-15-10(7-11(16)17)12(18)14(4,5)6;1-13(2,3)9-16-8-7-10(15-12(16)18)11(17)14(4,5)6;1-13(2,3)7-11-15-8-10(9-16-11)12(17)14(4,5)6/h3*9H,8H2,1-7H3;2*7,9H,8H2,1-6H3;7-8H,9H2,1-6H3;8-9H,7H2,1-6H3. The number of carbonyl (C=O) groups excluding carboxylic acids is 7.